The van der Waals surface area contributed by atoms with Crippen LogP contribution in [0.2, 0.25) is 0 Å². The Morgan fingerprint density at radius 1 is 0.806 bits per heavy atom. The van der Waals surface area contributed by atoms with Gasteiger partial charge in [-0.25, -0.2) is 9.59 Å². The number of aromatic nitrogens is 1. The van der Waals surface area contributed by atoms with Crippen LogP contribution in [0.25, 0.3) is 16.4 Å². The van der Waals surface area contributed by atoms with E-state index in [2.05, 4.69) is 0 Å². The van der Waals surface area contributed by atoms with Gasteiger partial charge in [-0.3, -0.25) is 4.79 Å². The first kappa shape index (κ1) is 20.3. The molecule has 2 aromatic heterocycles. The molecule has 156 valence electrons. The molecule has 0 radical (unpaired) electrons. The number of rotatable bonds is 6. The first-order valence-electron chi connectivity index (χ1n) is 10.1. The summed E-state index contributed by atoms with van der Waals surface area (Å²) in [4.78, 5) is 39.5. The van der Waals surface area contributed by atoms with E-state index in [-0.39, 0.29) is 35.8 Å². The van der Waals surface area contributed by atoms with Gasteiger partial charge in [0.2, 0.25) is 5.78 Å². The number of ether oxygens (including phenoxy) is 2. The number of hydrogen-bond donors (Lipinski definition) is 0. The highest BCUT2D eigenvalue weighted by atomic mass is 16.5. The summed E-state index contributed by atoms with van der Waals surface area (Å²) < 4.78 is 12.1. The molecule has 2 heterocycles. The maximum absolute atomic E-state index is 13.7. The number of benzene rings is 2. The Morgan fingerprint density at radius 3 is 2.16 bits per heavy atom. The summed E-state index contributed by atoms with van der Waals surface area (Å²) in [6.07, 6.45) is 0. The second kappa shape index (κ2) is 8.44. The third-order valence-corrected chi connectivity index (χ3v) is 4.99. The van der Waals surface area contributed by atoms with Gasteiger partial charge >= 0.3 is 11.9 Å². The average Bonchev–Trinajstić information content (AvgIpc) is 3.16. The number of hydrogen-bond acceptors (Lipinski definition) is 5. The SMILES string of the molecule is CCOC(=O)c1cc2cc3ccccc3n2c(C(=O)c2ccccc2)c1C(=O)OCC. The third-order valence-electron chi connectivity index (χ3n) is 4.99. The van der Waals surface area contributed by atoms with Crippen LogP contribution in [0.4, 0.5) is 0 Å². The predicted molar refractivity (Wildman–Crippen MR) is 117 cm³/mol. The molecule has 0 saturated heterocycles. The number of para-hydroxylation sites is 1. The molecule has 6 nitrogen and oxygen atoms in total. The van der Waals surface area contributed by atoms with Crippen molar-refractivity contribution in [3.05, 3.63) is 89.1 Å². The predicted octanol–water partition coefficient (Wildman–Crippen LogP) is 4.68. The first-order valence-corrected chi connectivity index (χ1v) is 10.1. The highest BCUT2D eigenvalue weighted by Gasteiger charge is 2.30. The van der Waals surface area contributed by atoms with Crippen LogP contribution in [0, 0.1) is 0 Å². The molecule has 0 amide bonds. The number of carbonyl (C=O) groups excluding carboxylic acids is 3. The van der Waals surface area contributed by atoms with Crippen LogP contribution in [0.15, 0.2) is 66.7 Å². The standard InChI is InChI=1S/C25H21NO5/c1-3-30-24(28)19-15-18-14-17-12-8-9-13-20(17)26(18)22(21(19)25(29)31-4-2)23(27)16-10-6-5-7-11-16/h5-15H,3-4H2,1-2H3. The lowest BCUT2D eigenvalue weighted by Gasteiger charge is -2.16. The Kier molecular flexibility index (Phi) is 5.54. The molecule has 0 unspecified atom stereocenters. The third kappa shape index (κ3) is 3.57. The molecule has 0 N–H and O–H groups in total. The van der Waals surface area contributed by atoms with E-state index in [1.165, 1.54) is 0 Å². The van der Waals surface area contributed by atoms with E-state index in [1.54, 1.807) is 54.6 Å². The maximum Gasteiger partial charge on any atom is 0.341 e. The summed E-state index contributed by atoms with van der Waals surface area (Å²) in [5, 5.41) is 0.875. The van der Waals surface area contributed by atoms with Gasteiger partial charge in [0.15, 0.2) is 0 Å². The Labute approximate surface area is 179 Å². The molecule has 4 aromatic rings. The van der Waals surface area contributed by atoms with Crippen molar-refractivity contribution in [3.8, 4) is 0 Å². The maximum atomic E-state index is 13.7. The fourth-order valence-corrected chi connectivity index (χ4v) is 3.71. The lowest BCUT2D eigenvalue weighted by atomic mass is 9.98. The Morgan fingerprint density at radius 2 is 1.45 bits per heavy atom. The van der Waals surface area contributed by atoms with Gasteiger partial charge in [0.05, 0.1) is 24.3 Å². The summed E-state index contributed by atoms with van der Waals surface area (Å²) in [5.74, 6) is -1.81. The second-order valence-corrected chi connectivity index (χ2v) is 6.88. The van der Waals surface area contributed by atoms with Gasteiger partial charge in [0.25, 0.3) is 0 Å². The fourth-order valence-electron chi connectivity index (χ4n) is 3.71. The lowest BCUT2D eigenvalue weighted by Crippen LogP contribution is -2.22. The largest absolute Gasteiger partial charge is 0.462 e. The van der Waals surface area contributed by atoms with E-state index in [0.717, 1.165) is 10.9 Å². The van der Waals surface area contributed by atoms with E-state index in [4.69, 9.17) is 9.47 Å². The summed E-state index contributed by atoms with van der Waals surface area (Å²) in [7, 11) is 0. The van der Waals surface area contributed by atoms with Gasteiger partial charge in [-0.1, -0.05) is 48.5 Å². The van der Waals surface area contributed by atoms with Crippen molar-refractivity contribution in [2.24, 2.45) is 0 Å². The zero-order valence-electron chi connectivity index (χ0n) is 17.3. The highest BCUT2D eigenvalue weighted by molar-refractivity contribution is 6.18. The summed E-state index contributed by atoms with van der Waals surface area (Å²) in [6, 6.07) is 19.6. The first-order chi connectivity index (χ1) is 15.1. The van der Waals surface area contributed by atoms with Crippen LogP contribution in [0.5, 0.6) is 0 Å². The molecule has 4 rings (SSSR count). The van der Waals surface area contributed by atoms with Crippen LogP contribution in [-0.2, 0) is 9.47 Å². The van der Waals surface area contributed by atoms with E-state index in [9.17, 15) is 14.4 Å². The molecule has 0 aliphatic heterocycles. The molecule has 0 aliphatic carbocycles. The van der Waals surface area contributed by atoms with E-state index >= 15 is 0 Å². The van der Waals surface area contributed by atoms with Crippen molar-refractivity contribution >= 4 is 34.1 Å². The lowest BCUT2D eigenvalue weighted by molar-refractivity contribution is 0.0477. The summed E-state index contributed by atoms with van der Waals surface area (Å²) in [5.41, 5.74) is 1.74. The molecule has 0 aliphatic rings. The molecule has 0 atom stereocenters. The number of ketones is 1. The summed E-state index contributed by atoms with van der Waals surface area (Å²) in [6.45, 7) is 3.59. The topological polar surface area (TPSA) is 74.1 Å². The van der Waals surface area contributed by atoms with Gasteiger partial charge in [0, 0.05) is 16.5 Å². The molecule has 0 bridgehead atoms. The minimum Gasteiger partial charge on any atom is -0.462 e. The Balaban J connectivity index is 2.15. The minimum atomic E-state index is -0.746. The van der Waals surface area contributed by atoms with Crippen LogP contribution in [-0.4, -0.2) is 35.3 Å². The quantitative estimate of drug-likeness (QED) is 0.338. The number of nitrogens with zero attached hydrogens (tertiary/aromatic N) is 1. The van der Waals surface area contributed by atoms with Crippen LogP contribution >= 0.6 is 0 Å². The van der Waals surface area contributed by atoms with Crippen molar-refractivity contribution in [2.45, 2.75) is 13.8 Å². The van der Waals surface area contributed by atoms with Crippen molar-refractivity contribution in [1.82, 2.24) is 4.40 Å². The molecule has 2 aromatic carbocycles. The van der Waals surface area contributed by atoms with Crippen molar-refractivity contribution in [1.29, 1.82) is 0 Å². The molecular formula is C25H21NO5. The van der Waals surface area contributed by atoms with Crippen molar-refractivity contribution in [2.75, 3.05) is 13.2 Å². The number of esters is 2. The fraction of sp³-hybridized carbons (Fsp3) is 0.160. The highest BCUT2D eigenvalue weighted by Crippen LogP contribution is 2.29. The molecule has 0 spiro atoms. The molecule has 31 heavy (non-hydrogen) atoms. The van der Waals surface area contributed by atoms with Crippen molar-refractivity contribution in [3.63, 3.8) is 0 Å². The second-order valence-electron chi connectivity index (χ2n) is 6.88. The number of carbonyl (C=O) groups is 3. The van der Waals surface area contributed by atoms with Crippen LogP contribution in [0.1, 0.15) is 50.6 Å². The average molecular weight is 415 g/mol. The molecule has 0 fully saturated rings. The van der Waals surface area contributed by atoms with E-state index in [1.807, 2.05) is 30.3 Å². The van der Waals surface area contributed by atoms with E-state index < -0.39 is 11.9 Å². The van der Waals surface area contributed by atoms with Gasteiger partial charge in [-0.05, 0) is 32.0 Å². The molecular weight excluding hydrogens is 394 g/mol. The normalized spacial score (nSPS) is 10.9. The van der Waals surface area contributed by atoms with Gasteiger partial charge in [-0.2, -0.15) is 0 Å². The number of pyridine rings is 1. The van der Waals surface area contributed by atoms with Gasteiger partial charge in [0.1, 0.15) is 11.3 Å². The van der Waals surface area contributed by atoms with Gasteiger partial charge in [-0.15, -0.1) is 0 Å². The molecule has 6 heteroatoms. The zero-order valence-corrected chi connectivity index (χ0v) is 17.3. The Bertz CT molecular complexity index is 1300. The summed E-state index contributed by atoms with van der Waals surface area (Å²) >= 11 is 0. The van der Waals surface area contributed by atoms with Crippen LogP contribution < -0.4 is 0 Å². The van der Waals surface area contributed by atoms with E-state index in [0.29, 0.717) is 11.1 Å². The smallest absolute Gasteiger partial charge is 0.341 e. The number of fused-ring (bicyclic) bond motifs is 3. The Hall–Kier alpha value is -3.93. The van der Waals surface area contributed by atoms with Crippen LogP contribution in [0.3, 0.4) is 0 Å². The van der Waals surface area contributed by atoms with Crippen molar-refractivity contribution < 1.29 is 23.9 Å². The zero-order chi connectivity index (χ0) is 22.0. The minimum absolute atomic E-state index is 0.00915. The monoisotopic (exact) mass is 415 g/mol. The molecule has 0 saturated carbocycles. The van der Waals surface area contributed by atoms with Gasteiger partial charge < -0.3 is 13.9 Å².